The Morgan fingerprint density at radius 1 is 1.20 bits per heavy atom. The fraction of sp³-hybridized carbons (Fsp3) is 0.429. The number of pyridine rings is 1. The Balaban J connectivity index is 1.57. The number of aromatic nitrogens is 1. The van der Waals surface area contributed by atoms with Crippen LogP contribution in [0.2, 0.25) is 0 Å². The minimum atomic E-state index is -0.125. The van der Waals surface area contributed by atoms with Gasteiger partial charge in [-0.1, -0.05) is 43.9 Å². The molecule has 1 fully saturated rings. The number of nitrogens with one attached hydrogen (secondary N) is 2. The molecule has 0 spiro atoms. The molecule has 3 rings (SSSR count). The van der Waals surface area contributed by atoms with Crippen molar-refractivity contribution in [1.82, 2.24) is 10.3 Å². The minimum absolute atomic E-state index is 0.125. The highest BCUT2D eigenvalue weighted by Crippen LogP contribution is 2.28. The van der Waals surface area contributed by atoms with Gasteiger partial charge in [-0.05, 0) is 43.0 Å². The topological polar surface area (TPSA) is 54.0 Å². The number of rotatable bonds is 7. The monoisotopic (exact) mass is 337 g/mol. The van der Waals surface area contributed by atoms with Crippen LogP contribution < -0.4 is 10.6 Å². The standard InChI is InChI=1S/C21H27N3O/c1-16(13-17-7-2-3-8-17)23-15-18-9-4-5-11-20(18)24-21(25)19-10-6-12-22-14-19/h4-6,9-12,14,16-17,23H,2-3,7-8,13,15H2,1H3,(H,24,25)/t16-/m0/s1. The minimum Gasteiger partial charge on any atom is -0.322 e. The molecule has 0 aliphatic heterocycles. The van der Waals surface area contributed by atoms with Crippen molar-refractivity contribution in [3.8, 4) is 0 Å². The van der Waals surface area contributed by atoms with Gasteiger partial charge in [0.15, 0.2) is 0 Å². The fourth-order valence-corrected chi connectivity index (χ4v) is 3.60. The van der Waals surface area contributed by atoms with Crippen molar-refractivity contribution in [2.45, 2.75) is 51.6 Å². The zero-order valence-corrected chi connectivity index (χ0v) is 14.9. The van der Waals surface area contributed by atoms with E-state index >= 15 is 0 Å². The average molecular weight is 337 g/mol. The zero-order valence-electron chi connectivity index (χ0n) is 14.9. The Bertz CT molecular complexity index is 681. The number of anilines is 1. The first kappa shape index (κ1) is 17.6. The summed E-state index contributed by atoms with van der Waals surface area (Å²) in [5.41, 5.74) is 2.54. The predicted molar refractivity (Wildman–Crippen MR) is 102 cm³/mol. The normalized spacial score (nSPS) is 15.9. The summed E-state index contributed by atoms with van der Waals surface area (Å²) >= 11 is 0. The van der Waals surface area contributed by atoms with Crippen molar-refractivity contribution in [3.63, 3.8) is 0 Å². The smallest absolute Gasteiger partial charge is 0.257 e. The third-order valence-electron chi connectivity index (χ3n) is 4.99. The van der Waals surface area contributed by atoms with Gasteiger partial charge in [0, 0.05) is 30.7 Å². The molecule has 1 heterocycles. The number of carbonyl (C=O) groups excluding carboxylic acids is 1. The van der Waals surface area contributed by atoms with Gasteiger partial charge >= 0.3 is 0 Å². The van der Waals surface area contributed by atoms with Gasteiger partial charge in [0.05, 0.1) is 5.56 Å². The molecule has 1 amide bonds. The Kier molecular flexibility index (Phi) is 6.18. The van der Waals surface area contributed by atoms with E-state index in [1.165, 1.54) is 32.1 Å². The number of amides is 1. The summed E-state index contributed by atoms with van der Waals surface area (Å²) < 4.78 is 0. The first-order chi connectivity index (χ1) is 12.2. The second-order valence-electron chi connectivity index (χ2n) is 7.02. The Morgan fingerprint density at radius 2 is 2.00 bits per heavy atom. The molecule has 1 aromatic carbocycles. The molecule has 1 aliphatic carbocycles. The molecular formula is C21H27N3O. The molecule has 2 aromatic rings. The van der Waals surface area contributed by atoms with Gasteiger partial charge in [0.1, 0.15) is 0 Å². The Labute approximate surface area is 150 Å². The van der Waals surface area contributed by atoms with Crippen LogP contribution in [0, 0.1) is 5.92 Å². The highest BCUT2D eigenvalue weighted by molar-refractivity contribution is 6.04. The largest absolute Gasteiger partial charge is 0.322 e. The maximum atomic E-state index is 12.4. The summed E-state index contributed by atoms with van der Waals surface area (Å²) in [7, 11) is 0. The molecule has 1 aromatic heterocycles. The number of hydrogen-bond donors (Lipinski definition) is 2. The third kappa shape index (κ3) is 5.13. The van der Waals surface area contributed by atoms with E-state index in [4.69, 9.17) is 0 Å². The number of nitrogens with zero attached hydrogens (tertiary/aromatic N) is 1. The van der Waals surface area contributed by atoms with E-state index in [-0.39, 0.29) is 5.91 Å². The van der Waals surface area contributed by atoms with Crippen molar-refractivity contribution in [2.75, 3.05) is 5.32 Å². The van der Waals surface area contributed by atoms with E-state index in [0.29, 0.717) is 11.6 Å². The van der Waals surface area contributed by atoms with Crippen LogP contribution in [0.3, 0.4) is 0 Å². The van der Waals surface area contributed by atoms with E-state index in [1.807, 2.05) is 18.2 Å². The second-order valence-corrected chi connectivity index (χ2v) is 7.02. The molecule has 0 saturated heterocycles. The Hall–Kier alpha value is -2.20. The number of benzene rings is 1. The molecular weight excluding hydrogens is 310 g/mol. The second kappa shape index (κ2) is 8.77. The summed E-state index contributed by atoms with van der Waals surface area (Å²) in [6.07, 6.45) is 10.0. The van der Waals surface area contributed by atoms with Crippen LogP contribution in [0.1, 0.15) is 54.9 Å². The van der Waals surface area contributed by atoms with Crippen molar-refractivity contribution in [2.24, 2.45) is 5.92 Å². The summed E-state index contributed by atoms with van der Waals surface area (Å²) in [6, 6.07) is 12.0. The van der Waals surface area contributed by atoms with Crippen molar-refractivity contribution in [3.05, 3.63) is 59.9 Å². The highest BCUT2D eigenvalue weighted by Gasteiger charge is 2.17. The van der Waals surface area contributed by atoms with E-state index < -0.39 is 0 Å². The first-order valence-electron chi connectivity index (χ1n) is 9.25. The average Bonchev–Trinajstić information content (AvgIpc) is 3.14. The maximum Gasteiger partial charge on any atom is 0.257 e. The van der Waals surface area contributed by atoms with Crippen LogP contribution >= 0.6 is 0 Å². The quantitative estimate of drug-likeness (QED) is 0.788. The van der Waals surface area contributed by atoms with Crippen LogP contribution in [0.5, 0.6) is 0 Å². The van der Waals surface area contributed by atoms with E-state index in [2.05, 4.69) is 28.6 Å². The molecule has 0 bridgehead atoms. The number of para-hydroxylation sites is 1. The summed E-state index contributed by atoms with van der Waals surface area (Å²) in [6.45, 7) is 3.02. The molecule has 0 unspecified atom stereocenters. The first-order valence-corrected chi connectivity index (χ1v) is 9.25. The summed E-state index contributed by atoms with van der Waals surface area (Å²) in [5, 5.41) is 6.62. The molecule has 4 nitrogen and oxygen atoms in total. The number of carbonyl (C=O) groups is 1. The summed E-state index contributed by atoms with van der Waals surface area (Å²) in [5.74, 6) is 0.752. The van der Waals surface area contributed by atoms with Gasteiger partial charge in [0.2, 0.25) is 0 Å². The van der Waals surface area contributed by atoms with Crippen LogP contribution in [0.15, 0.2) is 48.8 Å². The zero-order chi connectivity index (χ0) is 17.5. The van der Waals surface area contributed by atoms with Gasteiger partial charge < -0.3 is 10.6 Å². The molecule has 1 saturated carbocycles. The van der Waals surface area contributed by atoms with Crippen molar-refractivity contribution in [1.29, 1.82) is 0 Å². The molecule has 1 atom stereocenters. The van der Waals surface area contributed by atoms with Crippen LogP contribution in [-0.2, 0) is 6.54 Å². The lowest BCUT2D eigenvalue weighted by Crippen LogP contribution is -2.28. The number of hydrogen-bond acceptors (Lipinski definition) is 3. The summed E-state index contributed by atoms with van der Waals surface area (Å²) in [4.78, 5) is 16.4. The molecule has 0 radical (unpaired) electrons. The van der Waals surface area contributed by atoms with Gasteiger partial charge in [-0.3, -0.25) is 9.78 Å². The van der Waals surface area contributed by atoms with E-state index in [9.17, 15) is 4.79 Å². The van der Waals surface area contributed by atoms with E-state index in [1.54, 1.807) is 24.5 Å². The third-order valence-corrected chi connectivity index (χ3v) is 4.99. The van der Waals surface area contributed by atoms with Gasteiger partial charge in [-0.2, -0.15) is 0 Å². The van der Waals surface area contributed by atoms with Crippen molar-refractivity contribution < 1.29 is 4.79 Å². The molecule has 4 heteroatoms. The van der Waals surface area contributed by atoms with Gasteiger partial charge in [0.25, 0.3) is 5.91 Å². The fourth-order valence-electron chi connectivity index (χ4n) is 3.60. The molecule has 132 valence electrons. The molecule has 1 aliphatic rings. The SMILES string of the molecule is C[C@@H](CC1CCCC1)NCc1ccccc1NC(=O)c1cccnc1. The van der Waals surface area contributed by atoms with Crippen LogP contribution in [0.25, 0.3) is 0 Å². The lowest BCUT2D eigenvalue weighted by atomic mass is 9.99. The van der Waals surface area contributed by atoms with Gasteiger partial charge in [-0.25, -0.2) is 0 Å². The van der Waals surface area contributed by atoms with Gasteiger partial charge in [-0.15, -0.1) is 0 Å². The van der Waals surface area contributed by atoms with Crippen molar-refractivity contribution >= 4 is 11.6 Å². The predicted octanol–water partition coefficient (Wildman–Crippen LogP) is 4.39. The molecule has 25 heavy (non-hydrogen) atoms. The van der Waals surface area contributed by atoms with Crippen LogP contribution in [0.4, 0.5) is 5.69 Å². The molecule has 2 N–H and O–H groups in total. The maximum absolute atomic E-state index is 12.4. The Morgan fingerprint density at radius 3 is 2.76 bits per heavy atom. The lowest BCUT2D eigenvalue weighted by molar-refractivity contribution is 0.102. The lowest BCUT2D eigenvalue weighted by Gasteiger charge is -2.19. The van der Waals surface area contributed by atoms with Crippen LogP contribution in [-0.4, -0.2) is 16.9 Å². The van der Waals surface area contributed by atoms with E-state index in [0.717, 1.165) is 23.7 Å². The highest BCUT2D eigenvalue weighted by atomic mass is 16.1.